The van der Waals surface area contributed by atoms with E-state index in [0.29, 0.717) is 58.9 Å². The second-order valence-electron chi connectivity index (χ2n) is 7.95. The number of benzene rings is 3. The molecule has 0 aliphatic carbocycles. The molecule has 0 aromatic heterocycles. The number of ether oxygens (including phenoxy) is 6. The van der Waals surface area contributed by atoms with E-state index in [1.165, 1.54) is 0 Å². The van der Waals surface area contributed by atoms with E-state index in [-0.39, 0.29) is 11.5 Å². The lowest BCUT2D eigenvalue weighted by molar-refractivity contribution is 0.101. The highest BCUT2D eigenvalue weighted by Gasteiger charge is 2.34. The first-order valence-electron chi connectivity index (χ1n) is 11.0. The third-order valence-electron chi connectivity index (χ3n) is 6.07. The molecule has 0 fully saturated rings. The summed E-state index contributed by atoms with van der Waals surface area (Å²) in [7, 11) is 6.35. The molecule has 8 nitrogen and oxygen atoms in total. The number of Topliss-reactive ketones (excluding diaryl/α,β-unsaturated/α-hetero) is 1. The smallest absolute Gasteiger partial charge is 0.231 e. The third-order valence-corrected chi connectivity index (χ3v) is 6.07. The van der Waals surface area contributed by atoms with E-state index >= 15 is 0 Å². The number of nitrogens with zero attached hydrogens (tertiary/aromatic N) is 1. The number of fused-ring (bicyclic) bond motifs is 3. The van der Waals surface area contributed by atoms with Crippen LogP contribution in [0.15, 0.2) is 54.3 Å². The number of hydrogen-bond donors (Lipinski definition) is 0. The van der Waals surface area contributed by atoms with Crippen molar-refractivity contribution in [3.05, 3.63) is 71.0 Å². The number of carbonyl (C=O) groups is 1. The standard InChI is InChI=1S/C27H25NO7/c1-30-17-8-10-20(23(13-17)32-3)28-14-19-21(34-15-28)11-9-18-25(29)24(35-27(18)19)12-16-6-5-7-22(31-2)26(16)33-4/h5-13H,14-15H2,1-4H3/b24-12-. The zero-order valence-corrected chi connectivity index (χ0v) is 19.9. The number of allylic oxidation sites excluding steroid dienone is 1. The molecular formula is C27H25NO7. The van der Waals surface area contributed by atoms with Crippen molar-refractivity contribution in [2.24, 2.45) is 0 Å². The zero-order valence-electron chi connectivity index (χ0n) is 19.9. The van der Waals surface area contributed by atoms with E-state index in [1.807, 2.05) is 41.3 Å². The summed E-state index contributed by atoms with van der Waals surface area (Å²) in [5.41, 5.74) is 2.81. The number of ketones is 1. The van der Waals surface area contributed by atoms with Crippen molar-refractivity contribution >= 4 is 17.5 Å². The molecule has 0 amide bonds. The molecule has 2 aliphatic heterocycles. The molecule has 2 aliphatic rings. The quantitative estimate of drug-likeness (QED) is 0.475. The Balaban J connectivity index is 1.50. The minimum absolute atomic E-state index is 0.202. The molecule has 0 N–H and O–H groups in total. The van der Waals surface area contributed by atoms with Crippen LogP contribution in [0, 0.1) is 0 Å². The van der Waals surface area contributed by atoms with Crippen molar-refractivity contribution in [2.75, 3.05) is 40.1 Å². The summed E-state index contributed by atoms with van der Waals surface area (Å²) < 4.78 is 33.9. The zero-order chi connectivity index (χ0) is 24.5. The second-order valence-corrected chi connectivity index (χ2v) is 7.95. The van der Waals surface area contributed by atoms with Crippen LogP contribution in [0.2, 0.25) is 0 Å². The van der Waals surface area contributed by atoms with Crippen LogP contribution in [0.5, 0.6) is 34.5 Å². The van der Waals surface area contributed by atoms with Crippen molar-refractivity contribution in [2.45, 2.75) is 6.54 Å². The fourth-order valence-electron chi connectivity index (χ4n) is 4.33. The number of methoxy groups -OCH3 is 4. The summed E-state index contributed by atoms with van der Waals surface area (Å²) in [5, 5.41) is 0. The molecule has 180 valence electrons. The molecule has 8 heteroatoms. The van der Waals surface area contributed by atoms with Gasteiger partial charge in [0.25, 0.3) is 0 Å². The number of hydrogen-bond acceptors (Lipinski definition) is 8. The summed E-state index contributed by atoms with van der Waals surface area (Å²) in [6.07, 6.45) is 1.67. The molecule has 0 radical (unpaired) electrons. The van der Waals surface area contributed by atoms with Crippen LogP contribution < -0.4 is 33.3 Å². The van der Waals surface area contributed by atoms with Crippen molar-refractivity contribution in [1.82, 2.24) is 0 Å². The van der Waals surface area contributed by atoms with Crippen LogP contribution in [-0.2, 0) is 6.54 Å². The lowest BCUT2D eigenvalue weighted by atomic mass is 10.0. The number of carbonyl (C=O) groups excluding carboxylic acids is 1. The monoisotopic (exact) mass is 475 g/mol. The summed E-state index contributed by atoms with van der Waals surface area (Å²) in [6, 6.07) is 14.6. The van der Waals surface area contributed by atoms with Gasteiger partial charge in [-0.05, 0) is 36.4 Å². The second kappa shape index (κ2) is 9.13. The Kier molecular flexibility index (Phi) is 5.86. The van der Waals surface area contributed by atoms with Gasteiger partial charge in [0.2, 0.25) is 5.78 Å². The van der Waals surface area contributed by atoms with Gasteiger partial charge in [-0.15, -0.1) is 0 Å². The number of para-hydroxylation sites is 1. The molecule has 0 bridgehead atoms. The highest BCUT2D eigenvalue weighted by Crippen LogP contribution is 2.44. The van der Waals surface area contributed by atoms with Gasteiger partial charge in [-0.2, -0.15) is 0 Å². The fraction of sp³-hybridized carbons (Fsp3) is 0.222. The molecule has 5 rings (SSSR count). The van der Waals surface area contributed by atoms with E-state index in [9.17, 15) is 4.79 Å². The molecule has 0 atom stereocenters. The average Bonchev–Trinajstić information content (AvgIpc) is 3.23. The van der Waals surface area contributed by atoms with Gasteiger partial charge in [0, 0.05) is 11.6 Å². The van der Waals surface area contributed by atoms with Crippen LogP contribution >= 0.6 is 0 Å². The SMILES string of the molecule is COc1ccc(N2COc3ccc4c(c3C2)O/C(=C\c2cccc(OC)c2OC)C4=O)c(OC)c1. The molecule has 2 heterocycles. The molecule has 0 spiro atoms. The maximum Gasteiger partial charge on any atom is 0.231 e. The van der Waals surface area contributed by atoms with Crippen LogP contribution in [0.25, 0.3) is 6.08 Å². The lowest BCUT2D eigenvalue weighted by Gasteiger charge is -2.32. The highest BCUT2D eigenvalue weighted by molar-refractivity contribution is 6.15. The van der Waals surface area contributed by atoms with Gasteiger partial charge in [-0.3, -0.25) is 4.79 Å². The molecular weight excluding hydrogens is 450 g/mol. The summed E-state index contributed by atoms with van der Waals surface area (Å²) >= 11 is 0. The predicted octanol–water partition coefficient (Wildman–Crippen LogP) is 4.69. The highest BCUT2D eigenvalue weighted by atomic mass is 16.5. The topological polar surface area (TPSA) is 75.7 Å². The summed E-state index contributed by atoms with van der Waals surface area (Å²) in [5.74, 6) is 3.63. The Bertz CT molecular complexity index is 1330. The van der Waals surface area contributed by atoms with E-state index in [1.54, 1.807) is 46.6 Å². The Hall–Kier alpha value is -4.33. The normalized spacial score (nSPS) is 15.1. The van der Waals surface area contributed by atoms with E-state index in [4.69, 9.17) is 28.4 Å². The molecule has 3 aromatic rings. The molecule has 3 aromatic carbocycles. The molecule has 0 saturated carbocycles. The third kappa shape index (κ3) is 3.86. The number of anilines is 1. The Morgan fingerprint density at radius 1 is 0.914 bits per heavy atom. The maximum absolute atomic E-state index is 13.2. The van der Waals surface area contributed by atoms with Gasteiger partial charge < -0.3 is 33.3 Å². The first-order valence-corrected chi connectivity index (χ1v) is 11.0. The largest absolute Gasteiger partial charge is 0.497 e. The Labute approximate surface area is 203 Å². The van der Waals surface area contributed by atoms with Gasteiger partial charge in [0.1, 0.15) is 23.0 Å². The van der Waals surface area contributed by atoms with Crippen LogP contribution in [0.1, 0.15) is 21.5 Å². The van der Waals surface area contributed by atoms with Gasteiger partial charge in [-0.25, -0.2) is 0 Å². The first kappa shape index (κ1) is 22.5. The molecule has 0 unspecified atom stereocenters. The minimum Gasteiger partial charge on any atom is -0.497 e. The van der Waals surface area contributed by atoms with Crippen molar-refractivity contribution in [3.63, 3.8) is 0 Å². The van der Waals surface area contributed by atoms with Crippen LogP contribution in [0.3, 0.4) is 0 Å². The van der Waals surface area contributed by atoms with Crippen LogP contribution in [0.4, 0.5) is 5.69 Å². The minimum atomic E-state index is -0.202. The summed E-state index contributed by atoms with van der Waals surface area (Å²) in [6.45, 7) is 0.802. The van der Waals surface area contributed by atoms with Gasteiger partial charge in [0.05, 0.1) is 51.8 Å². The fourth-order valence-corrected chi connectivity index (χ4v) is 4.33. The summed E-state index contributed by atoms with van der Waals surface area (Å²) in [4.78, 5) is 15.2. The van der Waals surface area contributed by atoms with Crippen molar-refractivity contribution in [3.8, 4) is 34.5 Å². The average molecular weight is 475 g/mol. The van der Waals surface area contributed by atoms with Crippen LogP contribution in [-0.4, -0.2) is 41.0 Å². The van der Waals surface area contributed by atoms with Gasteiger partial charge >= 0.3 is 0 Å². The van der Waals surface area contributed by atoms with Crippen molar-refractivity contribution in [1.29, 1.82) is 0 Å². The predicted molar refractivity (Wildman–Crippen MR) is 130 cm³/mol. The molecule has 35 heavy (non-hydrogen) atoms. The maximum atomic E-state index is 13.2. The lowest BCUT2D eigenvalue weighted by Crippen LogP contribution is -2.32. The first-order chi connectivity index (χ1) is 17.1. The number of rotatable bonds is 6. The van der Waals surface area contributed by atoms with Gasteiger partial charge in [-0.1, -0.05) is 12.1 Å². The van der Waals surface area contributed by atoms with E-state index in [0.717, 1.165) is 11.3 Å². The Morgan fingerprint density at radius 3 is 2.49 bits per heavy atom. The Morgan fingerprint density at radius 2 is 1.74 bits per heavy atom. The van der Waals surface area contributed by atoms with Crippen molar-refractivity contribution < 1.29 is 33.2 Å². The molecule has 0 saturated heterocycles. The van der Waals surface area contributed by atoms with E-state index < -0.39 is 0 Å². The van der Waals surface area contributed by atoms with Gasteiger partial charge in [0.15, 0.2) is 24.0 Å². The van der Waals surface area contributed by atoms with E-state index in [2.05, 4.69) is 0 Å².